The highest BCUT2D eigenvalue weighted by Crippen LogP contribution is 2.35. The van der Waals surface area contributed by atoms with Crippen molar-refractivity contribution in [2.24, 2.45) is 5.92 Å². The molecule has 0 aromatic carbocycles. The molecule has 23 heavy (non-hydrogen) atoms. The molecule has 126 valence electrons. The third kappa shape index (κ3) is 3.18. The van der Waals surface area contributed by atoms with Gasteiger partial charge in [-0.3, -0.25) is 4.79 Å². The molecule has 0 amide bonds. The van der Waals surface area contributed by atoms with Gasteiger partial charge < -0.3 is 14.9 Å². The van der Waals surface area contributed by atoms with Crippen molar-refractivity contribution in [3.8, 4) is 0 Å². The van der Waals surface area contributed by atoms with Crippen LogP contribution in [-0.2, 0) is 11.0 Å². The molecule has 3 heterocycles. The van der Waals surface area contributed by atoms with Gasteiger partial charge in [0.15, 0.2) is 5.69 Å². The van der Waals surface area contributed by atoms with Gasteiger partial charge in [-0.2, -0.15) is 18.2 Å². The fraction of sp³-hybridized carbons (Fsp3) is 0.643. The fourth-order valence-corrected chi connectivity index (χ4v) is 2.80. The van der Waals surface area contributed by atoms with Crippen molar-refractivity contribution < 1.29 is 23.1 Å². The van der Waals surface area contributed by atoms with Gasteiger partial charge in [0.25, 0.3) is 0 Å². The molecule has 6 nitrogen and oxygen atoms in total. The van der Waals surface area contributed by atoms with Crippen LogP contribution in [0.2, 0.25) is 0 Å². The molecule has 0 bridgehead atoms. The number of aliphatic carboxylic acids is 1. The first kappa shape index (κ1) is 15.8. The number of hydrogen-bond donors (Lipinski definition) is 1. The van der Waals surface area contributed by atoms with Gasteiger partial charge in [-0.15, -0.1) is 0 Å². The first-order chi connectivity index (χ1) is 10.7. The van der Waals surface area contributed by atoms with Gasteiger partial charge in [0, 0.05) is 37.7 Å². The van der Waals surface area contributed by atoms with E-state index in [0.29, 0.717) is 19.6 Å². The van der Waals surface area contributed by atoms with Gasteiger partial charge in [0.1, 0.15) is 5.82 Å². The Morgan fingerprint density at radius 2 is 2.09 bits per heavy atom. The second-order valence-corrected chi connectivity index (χ2v) is 6.11. The summed E-state index contributed by atoms with van der Waals surface area (Å²) in [4.78, 5) is 22.0. The maximum atomic E-state index is 13.1. The highest BCUT2D eigenvalue weighted by molar-refractivity contribution is 5.67. The molecule has 0 spiro atoms. The number of carboxylic acids is 1. The topological polar surface area (TPSA) is 69.6 Å². The minimum Gasteiger partial charge on any atom is -0.481 e. The second kappa shape index (κ2) is 5.54. The Balaban J connectivity index is 1.82. The lowest BCUT2D eigenvalue weighted by molar-refractivity contribution is -0.141. The molecule has 2 fully saturated rings. The lowest BCUT2D eigenvalue weighted by Gasteiger charge is -2.42. The maximum Gasteiger partial charge on any atom is 0.433 e. The molecule has 1 aromatic heterocycles. The predicted molar refractivity (Wildman–Crippen MR) is 76.4 cm³/mol. The van der Waals surface area contributed by atoms with E-state index < -0.39 is 17.8 Å². The van der Waals surface area contributed by atoms with Crippen molar-refractivity contribution in [1.29, 1.82) is 0 Å². The zero-order chi connectivity index (χ0) is 16.8. The highest BCUT2D eigenvalue weighted by atomic mass is 19.4. The minimum atomic E-state index is -4.54. The summed E-state index contributed by atoms with van der Waals surface area (Å²) < 4.78 is 39.2. The summed E-state index contributed by atoms with van der Waals surface area (Å²) in [6.45, 7) is 3.36. The Hall–Kier alpha value is -2.06. The molecule has 1 atom stereocenters. The summed E-state index contributed by atoms with van der Waals surface area (Å²) in [7, 11) is 0. The minimum absolute atomic E-state index is 0.0176. The van der Waals surface area contributed by atoms with Crippen LogP contribution in [0.3, 0.4) is 0 Å². The Kier molecular flexibility index (Phi) is 3.81. The van der Waals surface area contributed by atoms with Crippen LogP contribution in [-0.4, -0.2) is 46.7 Å². The van der Waals surface area contributed by atoms with Gasteiger partial charge in [-0.1, -0.05) is 0 Å². The van der Waals surface area contributed by atoms with E-state index in [2.05, 4.69) is 9.97 Å². The summed E-state index contributed by atoms with van der Waals surface area (Å²) in [5.41, 5.74) is -0.960. The largest absolute Gasteiger partial charge is 0.481 e. The summed E-state index contributed by atoms with van der Waals surface area (Å²) in [5, 5.41) is 8.74. The Labute approximate surface area is 130 Å². The number of rotatable bonds is 4. The number of halogens is 3. The maximum absolute atomic E-state index is 13.1. The van der Waals surface area contributed by atoms with E-state index in [-0.39, 0.29) is 30.1 Å². The quantitative estimate of drug-likeness (QED) is 0.911. The number of carboxylic acid groups (broad SMARTS) is 1. The molecule has 2 saturated heterocycles. The number of aromatic nitrogens is 2. The van der Waals surface area contributed by atoms with Crippen LogP contribution >= 0.6 is 0 Å². The van der Waals surface area contributed by atoms with Gasteiger partial charge in [-0.25, -0.2) is 4.98 Å². The molecule has 0 radical (unpaired) electrons. The zero-order valence-corrected chi connectivity index (χ0v) is 12.5. The lowest BCUT2D eigenvalue weighted by atomic mass is 9.96. The van der Waals surface area contributed by atoms with E-state index in [1.807, 2.05) is 6.92 Å². The standard InChI is InChI=1S/C14H17F3N4O2/c1-8-2-3-21(8)13-18-10(14(15,16)17)5-11(19-13)20-6-9(7-20)4-12(22)23/h5,8-9H,2-4,6-7H2,1H3,(H,22,23)/t8-/m0/s1. The van der Waals surface area contributed by atoms with Crippen LogP contribution in [0.5, 0.6) is 0 Å². The molecule has 0 aliphatic carbocycles. The van der Waals surface area contributed by atoms with Crippen molar-refractivity contribution in [3.05, 3.63) is 11.8 Å². The van der Waals surface area contributed by atoms with Gasteiger partial charge >= 0.3 is 12.1 Å². The van der Waals surface area contributed by atoms with Crippen molar-refractivity contribution in [2.75, 3.05) is 29.4 Å². The lowest BCUT2D eigenvalue weighted by Crippen LogP contribution is -2.49. The fourth-order valence-electron chi connectivity index (χ4n) is 2.80. The molecular formula is C14H17F3N4O2. The van der Waals surface area contributed by atoms with Crippen molar-refractivity contribution >= 4 is 17.7 Å². The average Bonchev–Trinajstić information content (AvgIpc) is 2.39. The number of nitrogens with zero attached hydrogens (tertiary/aromatic N) is 4. The van der Waals surface area contributed by atoms with E-state index >= 15 is 0 Å². The number of carbonyl (C=O) groups is 1. The summed E-state index contributed by atoms with van der Waals surface area (Å²) >= 11 is 0. The smallest absolute Gasteiger partial charge is 0.433 e. The molecule has 9 heteroatoms. The van der Waals surface area contributed by atoms with Crippen LogP contribution in [0.4, 0.5) is 24.9 Å². The molecule has 1 N–H and O–H groups in total. The summed E-state index contributed by atoms with van der Waals surface area (Å²) in [6, 6.07) is 1.06. The average molecular weight is 330 g/mol. The van der Waals surface area contributed by atoms with E-state index in [0.717, 1.165) is 12.5 Å². The molecule has 0 saturated carbocycles. The zero-order valence-electron chi connectivity index (χ0n) is 12.5. The summed E-state index contributed by atoms with van der Waals surface area (Å²) in [6.07, 6.45) is -3.62. The molecule has 2 aliphatic rings. The van der Waals surface area contributed by atoms with E-state index in [4.69, 9.17) is 5.11 Å². The van der Waals surface area contributed by atoms with Gasteiger partial charge in [0.05, 0.1) is 6.42 Å². The van der Waals surface area contributed by atoms with Crippen molar-refractivity contribution in [1.82, 2.24) is 9.97 Å². The molecular weight excluding hydrogens is 313 g/mol. The normalized spacial score (nSPS) is 21.8. The highest BCUT2D eigenvalue weighted by Gasteiger charge is 2.38. The first-order valence-corrected chi connectivity index (χ1v) is 7.43. The Bertz CT molecular complexity index is 617. The van der Waals surface area contributed by atoms with E-state index in [9.17, 15) is 18.0 Å². The third-order valence-electron chi connectivity index (χ3n) is 4.31. The predicted octanol–water partition coefficient (Wildman–Crippen LogP) is 2.00. The number of anilines is 2. The van der Waals surface area contributed by atoms with Crippen molar-refractivity contribution in [2.45, 2.75) is 32.0 Å². The van der Waals surface area contributed by atoms with Crippen LogP contribution in [0.25, 0.3) is 0 Å². The van der Waals surface area contributed by atoms with E-state index in [1.54, 1.807) is 9.80 Å². The van der Waals surface area contributed by atoms with Crippen LogP contribution in [0, 0.1) is 5.92 Å². The van der Waals surface area contributed by atoms with Gasteiger partial charge in [0.2, 0.25) is 5.95 Å². The SMILES string of the molecule is C[C@H]1CCN1c1nc(N2CC(CC(=O)O)C2)cc(C(F)(F)F)n1. The van der Waals surface area contributed by atoms with Gasteiger partial charge in [-0.05, 0) is 13.3 Å². The second-order valence-electron chi connectivity index (χ2n) is 6.11. The van der Waals surface area contributed by atoms with Crippen LogP contribution in [0.15, 0.2) is 6.07 Å². The molecule has 1 aromatic rings. The third-order valence-corrected chi connectivity index (χ3v) is 4.31. The Morgan fingerprint density at radius 3 is 2.57 bits per heavy atom. The van der Waals surface area contributed by atoms with Crippen molar-refractivity contribution in [3.63, 3.8) is 0 Å². The van der Waals surface area contributed by atoms with Crippen LogP contribution in [0.1, 0.15) is 25.5 Å². The monoisotopic (exact) mass is 330 g/mol. The molecule has 3 rings (SSSR count). The Morgan fingerprint density at radius 1 is 1.39 bits per heavy atom. The first-order valence-electron chi connectivity index (χ1n) is 7.43. The summed E-state index contributed by atoms with van der Waals surface area (Å²) in [5.74, 6) is -0.648. The number of alkyl halides is 3. The van der Waals surface area contributed by atoms with Crippen LogP contribution < -0.4 is 9.80 Å². The molecule has 2 aliphatic heterocycles. The molecule has 0 unspecified atom stereocenters. The van der Waals surface area contributed by atoms with E-state index in [1.165, 1.54) is 0 Å². The number of hydrogen-bond acceptors (Lipinski definition) is 5.